The van der Waals surface area contributed by atoms with Crippen molar-refractivity contribution in [1.29, 1.82) is 0 Å². The van der Waals surface area contributed by atoms with E-state index in [9.17, 15) is 0 Å². The van der Waals surface area contributed by atoms with Gasteiger partial charge in [0.25, 0.3) is 0 Å². The Morgan fingerprint density at radius 2 is 1.57 bits per heavy atom. The highest BCUT2D eigenvalue weighted by Gasteiger charge is 2.28. The van der Waals surface area contributed by atoms with E-state index in [1.54, 1.807) is 0 Å². The molecule has 0 spiro atoms. The van der Waals surface area contributed by atoms with Gasteiger partial charge in [-0.2, -0.15) is 0 Å². The molecule has 28 heavy (non-hydrogen) atoms. The number of benzene rings is 2. The standard InChI is InChI=1S/C25H27BrN2/c1-25(2,3)24-27-21-15-14-19(26)16-20(21)22(17-10-6-4-7-11-17)23(28-24)18-12-8-5-9-13-18/h5,8-9,12-16H,4,6-7,10-11H2,1-3H3. The van der Waals surface area contributed by atoms with Crippen LogP contribution in [-0.4, -0.2) is 11.5 Å². The van der Waals surface area contributed by atoms with Crippen molar-refractivity contribution in [3.63, 3.8) is 0 Å². The number of rotatable bonds is 1. The Morgan fingerprint density at radius 3 is 2.25 bits per heavy atom. The number of nitrogens with zero attached hydrogens (tertiary/aromatic N) is 2. The fraction of sp³-hybridized carbons (Fsp3) is 0.360. The molecule has 1 aliphatic heterocycles. The smallest absolute Gasteiger partial charge is 0.135 e. The second-order valence-electron chi connectivity index (χ2n) is 8.71. The molecule has 0 radical (unpaired) electrons. The molecule has 1 saturated carbocycles. The van der Waals surface area contributed by atoms with Crippen LogP contribution in [0.15, 0.2) is 68.6 Å². The molecular formula is C25H27BrN2. The molecule has 0 aromatic heterocycles. The fourth-order valence-electron chi connectivity index (χ4n) is 3.96. The van der Waals surface area contributed by atoms with Crippen LogP contribution in [0.5, 0.6) is 0 Å². The maximum Gasteiger partial charge on any atom is 0.135 e. The highest BCUT2D eigenvalue weighted by Crippen LogP contribution is 2.41. The lowest BCUT2D eigenvalue weighted by molar-refractivity contribution is 0.585. The average molecular weight is 435 g/mol. The third kappa shape index (κ3) is 3.91. The summed E-state index contributed by atoms with van der Waals surface area (Å²) in [6.45, 7) is 6.57. The van der Waals surface area contributed by atoms with Crippen LogP contribution in [0, 0.1) is 5.41 Å². The summed E-state index contributed by atoms with van der Waals surface area (Å²) in [6, 6.07) is 17.0. The summed E-state index contributed by atoms with van der Waals surface area (Å²) >= 11 is 3.69. The SMILES string of the molecule is CC(C)(C)C1=Nc2ccc(Br)cc2C(=C2CCCCC2)C(c2ccccc2)=N1. The van der Waals surface area contributed by atoms with E-state index < -0.39 is 0 Å². The van der Waals surface area contributed by atoms with Gasteiger partial charge in [0.15, 0.2) is 0 Å². The van der Waals surface area contributed by atoms with Gasteiger partial charge in [0.1, 0.15) is 5.84 Å². The summed E-state index contributed by atoms with van der Waals surface area (Å²) in [6.07, 6.45) is 6.15. The minimum Gasteiger partial charge on any atom is -0.232 e. The predicted molar refractivity (Wildman–Crippen MR) is 124 cm³/mol. The Balaban J connectivity index is 2.05. The number of aliphatic imine (C=N–C) groups is 2. The van der Waals surface area contributed by atoms with Crippen LogP contribution in [0.2, 0.25) is 0 Å². The lowest BCUT2D eigenvalue weighted by Crippen LogP contribution is -2.20. The maximum absolute atomic E-state index is 5.21. The van der Waals surface area contributed by atoms with Crippen molar-refractivity contribution in [1.82, 2.24) is 0 Å². The molecule has 0 atom stereocenters. The van der Waals surface area contributed by atoms with Crippen LogP contribution in [0.25, 0.3) is 5.57 Å². The molecule has 0 unspecified atom stereocenters. The molecule has 3 heteroatoms. The van der Waals surface area contributed by atoms with E-state index in [0.29, 0.717) is 0 Å². The zero-order valence-corrected chi connectivity index (χ0v) is 18.5. The Morgan fingerprint density at radius 1 is 0.857 bits per heavy atom. The van der Waals surface area contributed by atoms with E-state index >= 15 is 0 Å². The largest absolute Gasteiger partial charge is 0.232 e. The number of hydrogen-bond donors (Lipinski definition) is 0. The van der Waals surface area contributed by atoms with E-state index in [4.69, 9.17) is 9.98 Å². The minimum atomic E-state index is -0.128. The van der Waals surface area contributed by atoms with Gasteiger partial charge in [0.2, 0.25) is 0 Å². The average Bonchev–Trinajstić information content (AvgIpc) is 2.86. The molecule has 4 rings (SSSR count). The molecule has 1 fully saturated rings. The van der Waals surface area contributed by atoms with Crippen LogP contribution >= 0.6 is 15.9 Å². The highest BCUT2D eigenvalue weighted by atomic mass is 79.9. The molecule has 0 bridgehead atoms. The molecule has 1 heterocycles. The second-order valence-corrected chi connectivity index (χ2v) is 9.63. The van der Waals surface area contributed by atoms with Crippen molar-refractivity contribution in [2.75, 3.05) is 0 Å². The topological polar surface area (TPSA) is 24.7 Å². The van der Waals surface area contributed by atoms with Crippen LogP contribution in [0.3, 0.4) is 0 Å². The van der Waals surface area contributed by atoms with Crippen LogP contribution in [0.1, 0.15) is 64.0 Å². The molecule has 2 aromatic rings. The quantitative estimate of drug-likeness (QED) is 0.438. The summed E-state index contributed by atoms with van der Waals surface area (Å²) in [7, 11) is 0. The van der Waals surface area contributed by atoms with Gasteiger partial charge in [-0.15, -0.1) is 0 Å². The first-order valence-corrected chi connectivity index (χ1v) is 11.0. The van der Waals surface area contributed by atoms with Gasteiger partial charge in [0.05, 0.1) is 11.4 Å². The number of fused-ring (bicyclic) bond motifs is 1. The predicted octanol–water partition coefficient (Wildman–Crippen LogP) is 7.75. The van der Waals surface area contributed by atoms with E-state index in [1.165, 1.54) is 41.5 Å². The van der Waals surface area contributed by atoms with Crippen LogP contribution in [-0.2, 0) is 0 Å². The van der Waals surface area contributed by atoms with Crippen molar-refractivity contribution in [2.45, 2.75) is 52.9 Å². The summed E-state index contributed by atoms with van der Waals surface area (Å²) in [5, 5.41) is 0. The van der Waals surface area contributed by atoms with Crippen molar-refractivity contribution < 1.29 is 0 Å². The first-order valence-electron chi connectivity index (χ1n) is 10.2. The Bertz CT molecular complexity index is 967. The zero-order valence-electron chi connectivity index (χ0n) is 16.9. The lowest BCUT2D eigenvalue weighted by atomic mass is 9.84. The molecule has 2 nitrogen and oxygen atoms in total. The Kier molecular flexibility index (Phi) is 5.37. The number of hydrogen-bond acceptors (Lipinski definition) is 2. The van der Waals surface area contributed by atoms with Crippen molar-refractivity contribution in [3.8, 4) is 0 Å². The van der Waals surface area contributed by atoms with E-state index in [-0.39, 0.29) is 5.41 Å². The van der Waals surface area contributed by atoms with E-state index in [2.05, 4.69) is 85.2 Å². The lowest BCUT2D eigenvalue weighted by Gasteiger charge is -2.22. The summed E-state index contributed by atoms with van der Waals surface area (Å²) in [5.41, 5.74) is 7.16. The molecule has 0 amide bonds. The van der Waals surface area contributed by atoms with E-state index in [0.717, 1.165) is 34.5 Å². The van der Waals surface area contributed by atoms with Crippen molar-refractivity contribution in [2.24, 2.45) is 15.4 Å². The molecule has 0 N–H and O–H groups in total. The van der Waals surface area contributed by atoms with Crippen molar-refractivity contribution >= 4 is 38.7 Å². The van der Waals surface area contributed by atoms with Gasteiger partial charge < -0.3 is 0 Å². The molecule has 2 aliphatic rings. The summed E-state index contributed by atoms with van der Waals surface area (Å²) in [5.74, 6) is 0.890. The third-order valence-electron chi connectivity index (χ3n) is 5.44. The Hall–Kier alpha value is -2.00. The normalized spacial score (nSPS) is 17.6. The summed E-state index contributed by atoms with van der Waals surface area (Å²) in [4.78, 5) is 10.3. The molecule has 2 aromatic carbocycles. The van der Waals surface area contributed by atoms with Crippen molar-refractivity contribution in [3.05, 3.63) is 69.7 Å². The maximum atomic E-state index is 5.21. The van der Waals surface area contributed by atoms with Gasteiger partial charge in [0, 0.05) is 26.6 Å². The van der Waals surface area contributed by atoms with Gasteiger partial charge in [-0.05, 0) is 43.9 Å². The second kappa shape index (κ2) is 7.79. The first kappa shape index (κ1) is 19.3. The molecular weight excluding hydrogens is 408 g/mol. The molecule has 144 valence electrons. The zero-order chi connectivity index (χ0) is 19.7. The fourth-order valence-corrected chi connectivity index (χ4v) is 4.32. The third-order valence-corrected chi connectivity index (χ3v) is 5.93. The van der Waals surface area contributed by atoms with Gasteiger partial charge in [-0.1, -0.05) is 79.0 Å². The van der Waals surface area contributed by atoms with Gasteiger partial charge in [-0.3, -0.25) is 0 Å². The monoisotopic (exact) mass is 434 g/mol. The molecule has 1 aliphatic carbocycles. The van der Waals surface area contributed by atoms with E-state index in [1.807, 2.05) is 0 Å². The van der Waals surface area contributed by atoms with Crippen LogP contribution in [0.4, 0.5) is 5.69 Å². The minimum absolute atomic E-state index is 0.128. The number of allylic oxidation sites excluding steroid dienone is 2. The Labute approximate surface area is 176 Å². The number of halogens is 1. The summed E-state index contributed by atoms with van der Waals surface area (Å²) < 4.78 is 1.09. The molecule has 0 saturated heterocycles. The number of amidine groups is 1. The first-order chi connectivity index (χ1) is 13.4. The highest BCUT2D eigenvalue weighted by molar-refractivity contribution is 9.10. The van der Waals surface area contributed by atoms with Crippen LogP contribution < -0.4 is 0 Å². The van der Waals surface area contributed by atoms with Gasteiger partial charge >= 0.3 is 0 Å². The van der Waals surface area contributed by atoms with Gasteiger partial charge in [-0.25, -0.2) is 9.98 Å².